The second-order valence-corrected chi connectivity index (χ2v) is 11.4. The molecule has 2 heterocycles. The molecule has 1 N–H and O–H groups in total. The Balaban J connectivity index is 1.52. The van der Waals surface area contributed by atoms with Gasteiger partial charge in [0.1, 0.15) is 22.9 Å². The van der Waals surface area contributed by atoms with Crippen LogP contribution in [-0.4, -0.2) is 43.6 Å². The van der Waals surface area contributed by atoms with Crippen LogP contribution in [0.15, 0.2) is 48.5 Å². The van der Waals surface area contributed by atoms with Gasteiger partial charge in [-0.25, -0.2) is 4.68 Å². The van der Waals surface area contributed by atoms with Crippen LogP contribution in [0.25, 0.3) is 11.0 Å². The Hall–Kier alpha value is -2.98. The van der Waals surface area contributed by atoms with Gasteiger partial charge in [0.15, 0.2) is 0 Å². The van der Waals surface area contributed by atoms with Crippen molar-refractivity contribution < 1.29 is 14.6 Å². The maximum atomic E-state index is 12.1. The maximum Gasteiger partial charge on any atom is 0.304 e. The quantitative estimate of drug-likeness (QED) is 0.256. The number of ether oxygens (including phenoxy) is 1. The van der Waals surface area contributed by atoms with Crippen molar-refractivity contribution in [2.45, 2.75) is 58.7 Å². The van der Waals surface area contributed by atoms with Crippen LogP contribution in [0.4, 0.5) is 0 Å². The Morgan fingerprint density at radius 1 is 1.21 bits per heavy atom. The van der Waals surface area contributed by atoms with Gasteiger partial charge in [-0.2, -0.15) is 0 Å². The minimum atomic E-state index is -0.821. The molecule has 0 bridgehead atoms. The molecule has 0 aliphatic carbocycles. The molecule has 0 fully saturated rings. The summed E-state index contributed by atoms with van der Waals surface area (Å²) in [6, 6.07) is 16.8. The Bertz CT molecular complexity index is 1500. The smallest absolute Gasteiger partial charge is 0.304 e. The predicted octanol–water partition coefficient (Wildman–Crippen LogP) is 5.97. The highest BCUT2D eigenvalue weighted by Crippen LogP contribution is 2.36. The van der Waals surface area contributed by atoms with E-state index in [-0.39, 0.29) is 18.4 Å². The maximum absolute atomic E-state index is 12.1. The van der Waals surface area contributed by atoms with Crippen LogP contribution in [-0.2, 0) is 24.9 Å². The number of halogens is 1. The van der Waals surface area contributed by atoms with Crippen molar-refractivity contribution in [1.82, 2.24) is 19.9 Å². The van der Waals surface area contributed by atoms with E-state index in [1.54, 1.807) is 4.68 Å². The molecular weight excluding hydrogens is 591 g/mol. The number of aromatic nitrogens is 3. The molecule has 38 heavy (non-hydrogen) atoms. The molecule has 1 aliphatic heterocycles. The Kier molecular flexibility index (Phi) is 7.72. The van der Waals surface area contributed by atoms with E-state index in [2.05, 4.69) is 94.1 Å². The van der Waals surface area contributed by atoms with Crippen molar-refractivity contribution in [3.05, 3.63) is 85.5 Å². The van der Waals surface area contributed by atoms with Crippen LogP contribution in [0.1, 0.15) is 59.1 Å². The van der Waals surface area contributed by atoms with Crippen LogP contribution >= 0.6 is 22.6 Å². The third kappa shape index (κ3) is 5.29. The zero-order valence-corrected chi connectivity index (χ0v) is 24.4. The van der Waals surface area contributed by atoms with E-state index in [9.17, 15) is 9.90 Å². The molecule has 2 unspecified atom stereocenters. The van der Waals surface area contributed by atoms with E-state index in [1.165, 1.54) is 16.7 Å². The summed E-state index contributed by atoms with van der Waals surface area (Å²) in [7, 11) is 1.88. The van der Waals surface area contributed by atoms with Gasteiger partial charge >= 0.3 is 5.97 Å². The average molecular weight is 625 g/mol. The molecule has 198 valence electrons. The molecule has 5 rings (SSSR count). The summed E-state index contributed by atoms with van der Waals surface area (Å²) in [4.78, 5) is 14.5. The summed E-state index contributed by atoms with van der Waals surface area (Å²) in [6.45, 7) is 8.74. The van der Waals surface area contributed by atoms with E-state index in [1.807, 2.05) is 20.0 Å². The van der Waals surface area contributed by atoms with Crippen molar-refractivity contribution in [3.8, 4) is 5.75 Å². The number of hydrogen-bond acceptors (Lipinski definition) is 5. The van der Waals surface area contributed by atoms with Gasteiger partial charge < -0.3 is 9.84 Å². The van der Waals surface area contributed by atoms with Crippen molar-refractivity contribution in [1.29, 1.82) is 0 Å². The lowest BCUT2D eigenvalue weighted by molar-refractivity contribution is -0.137. The number of para-hydroxylation sites is 1. The third-order valence-electron chi connectivity index (χ3n) is 7.62. The number of carboxylic acids is 1. The summed E-state index contributed by atoms with van der Waals surface area (Å²) in [5, 5.41) is 18.5. The predicted molar refractivity (Wildman–Crippen MR) is 157 cm³/mol. The Morgan fingerprint density at radius 2 is 2.00 bits per heavy atom. The van der Waals surface area contributed by atoms with Crippen LogP contribution < -0.4 is 4.74 Å². The molecule has 0 saturated carbocycles. The summed E-state index contributed by atoms with van der Waals surface area (Å²) < 4.78 is 9.10. The number of hydrogen-bond donors (Lipinski definition) is 1. The van der Waals surface area contributed by atoms with Crippen molar-refractivity contribution in [2.75, 3.05) is 6.54 Å². The standard InChI is InChI=1S/C30H33IN4O3/c1-5-23-17-35(15-21-8-6-7-9-27(21)38-23)16-22-12-20(11-10-18(22)2)25(14-28(36)37)24-13-26(31)30-29(19(24)3)32-33-34(30)4/h6-13,23,25H,5,14-17H2,1-4H3,(H,36,37). The normalized spacial score (nSPS) is 16.6. The lowest BCUT2D eigenvalue weighted by Gasteiger charge is -2.25. The first-order valence-electron chi connectivity index (χ1n) is 13.0. The fourth-order valence-electron chi connectivity index (χ4n) is 5.48. The van der Waals surface area contributed by atoms with Crippen LogP contribution in [0, 0.1) is 17.4 Å². The Labute approximate surface area is 236 Å². The number of fused-ring (bicyclic) bond motifs is 2. The molecule has 7 nitrogen and oxygen atoms in total. The summed E-state index contributed by atoms with van der Waals surface area (Å²) in [5.74, 6) is -0.139. The molecule has 3 aromatic carbocycles. The molecule has 4 aromatic rings. The van der Waals surface area contributed by atoms with E-state index < -0.39 is 5.97 Å². The molecule has 8 heteroatoms. The highest BCUT2D eigenvalue weighted by atomic mass is 127. The van der Waals surface area contributed by atoms with Gasteiger partial charge in [-0.05, 0) is 82.8 Å². The Morgan fingerprint density at radius 3 is 2.76 bits per heavy atom. The first kappa shape index (κ1) is 26.6. The molecule has 0 spiro atoms. The van der Waals surface area contributed by atoms with E-state index in [4.69, 9.17) is 4.74 Å². The fraction of sp³-hybridized carbons (Fsp3) is 0.367. The summed E-state index contributed by atoms with van der Waals surface area (Å²) in [6.07, 6.45) is 1.08. The molecule has 0 amide bonds. The van der Waals surface area contributed by atoms with Crippen LogP contribution in [0.2, 0.25) is 0 Å². The monoisotopic (exact) mass is 624 g/mol. The largest absolute Gasteiger partial charge is 0.489 e. The number of nitrogens with zero attached hydrogens (tertiary/aromatic N) is 4. The number of aliphatic carboxylic acids is 1. The third-order valence-corrected chi connectivity index (χ3v) is 8.45. The second kappa shape index (κ2) is 11.0. The summed E-state index contributed by atoms with van der Waals surface area (Å²) in [5.41, 5.74) is 8.38. The van der Waals surface area contributed by atoms with Gasteiger partial charge in [0.25, 0.3) is 0 Å². The van der Waals surface area contributed by atoms with Gasteiger partial charge in [0, 0.05) is 41.7 Å². The van der Waals surface area contributed by atoms with Gasteiger partial charge in [0.2, 0.25) is 0 Å². The number of benzene rings is 3. The topological polar surface area (TPSA) is 80.5 Å². The van der Waals surface area contributed by atoms with Gasteiger partial charge in [-0.15, -0.1) is 5.10 Å². The van der Waals surface area contributed by atoms with Gasteiger partial charge in [-0.3, -0.25) is 9.69 Å². The molecule has 1 aromatic heterocycles. The fourth-order valence-corrected chi connectivity index (χ4v) is 6.42. The van der Waals surface area contributed by atoms with E-state index >= 15 is 0 Å². The van der Waals surface area contributed by atoms with Crippen molar-refractivity contribution in [2.24, 2.45) is 7.05 Å². The van der Waals surface area contributed by atoms with E-state index in [0.717, 1.165) is 63.1 Å². The first-order valence-corrected chi connectivity index (χ1v) is 14.1. The SMILES string of the molecule is CCC1CN(Cc2cc(C(CC(=O)O)c3cc(I)c4c(nnn4C)c3C)ccc2C)Cc2ccccc2O1. The number of carboxylic acid groups (broad SMARTS) is 1. The zero-order valence-electron chi connectivity index (χ0n) is 22.2. The molecule has 0 saturated heterocycles. The molecule has 0 radical (unpaired) electrons. The lowest BCUT2D eigenvalue weighted by atomic mass is 9.84. The number of carbonyl (C=O) groups is 1. The number of rotatable bonds is 7. The first-order chi connectivity index (χ1) is 18.2. The van der Waals surface area contributed by atoms with Gasteiger partial charge in [-0.1, -0.05) is 48.5 Å². The summed E-state index contributed by atoms with van der Waals surface area (Å²) >= 11 is 2.30. The minimum absolute atomic E-state index is 0.00796. The van der Waals surface area contributed by atoms with Crippen molar-refractivity contribution >= 4 is 39.6 Å². The highest BCUT2D eigenvalue weighted by Gasteiger charge is 2.26. The minimum Gasteiger partial charge on any atom is -0.489 e. The van der Waals surface area contributed by atoms with Gasteiger partial charge in [0.05, 0.1) is 6.42 Å². The average Bonchev–Trinajstić information content (AvgIpc) is 3.19. The van der Waals surface area contributed by atoms with Crippen molar-refractivity contribution in [3.63, 3.8) is 0 Å². The molecule has 2 atom stereocenters. The molecule has 1 aliphatic rings. The second-order valence-electron chi connectivity index (χ2n) is 10.2. The zero-order chi connectivity index (χ0) is 27.0. The van der Waals surface area contributed by atoms with Crippen LogP contribution in [0.3, 0.4) is 0 Å². The van der Waals surface area contributed by atoms with Crippen LogP contribution in [0.5, 0.6) is 5.75 Å². The highest BCUT2D eigenvalue weighted by molar-refractivity contribution is 14.1. The van der Waals surface area contributed by atoms with E-state index in [0.29, 0.717) is 0 Å². The molecular formula is C30H33IN4O3. The lowest BCUT2D eigenvalue weighted by Crippen LogP contribution is -2.32. The number of aryl methyl sites for hydroxylation is 3.